The second-order valence-corrected chi connectivity index (χ2v) is 10.9. The minimum atomic E-state index is -3.56. The van der Waals surface area contributed by atoms with E-state index >= 15 is 0 Å². The zero-order chi connectivity index (χ0) is 24.3. The lowest BCUT2D eigenvalue weighted by Gasteiger charge is -2.30. The molecule has 2 aliphatic rings. The van der Waals surface area contributed by atoms with Gasteiger partial charge in [-0.1, -0.05) is 26.7 Å². The fourth-order valence-electron chi connectivity index (χ4n) is 5.04. The van der Waals surface area contributed by atoms with E-state index in [9.17, 15) is 18.0 Å². The Morgan fingerprint density at radius 1 is 1.09 bits per heavy atom. The highest BCUT2D eigenvalue weighted by atomic mass is 32.2. The molecular weight excluding hydrogens is 454 g/mol. The SMILES string of the molecule is CCN(CC)S(=O)(=O)c1ccc(N2CC(C(=O)N(Cc3ccco3)C3CCCC3)CC2=O)cc1. The van der Waals surface area contributed by atoms with Crippen molar-refractivity contribution in [1.82, 2.24) is 9.21 Å². The normalized spacial score (nSPS) is 19.3. The maximum absolute atomic E-state index is 13.5. The Kier molecular flexibility index (Phi) is 7.42. The molecule has 0 spiro atoms. The summed E-state index contributed by atoms with van der Waals surface area (Å²) in [5, 5.41) is 0. The van der Waals surface area contributed by atoms with Crippen molar-refractivity contribution in [2.45, 2.75) is 63.4 Å². The number of furan rings is 1. The van der Waals surface area contributed by atoms with E-state index in [1.165, 1.54) is 16.4 Å². The van der Waals surface area contributed by atoms with E-state index in [0.29, 0.717) is 31.9 Å². The van der Waals surface area contributed by atoms with Gasteiger partial charge in [0.2, 0.25) is 21.8 Å². The van der Waals surface area contributed by atoms with Crippen LogP contribution < -0.4 is 4.90 Å². The van der Waals surface area contributed by atoms with Gasteiger partial charge in [0.1, 0.15) is 5.76 Å². The van der Waals surface area contributed by atoms with Crippen LogP contribution in [-0.4, -0.2) is 55.1 Å². The summed E-state index contributed by atoms with van der Waals surface area (Å²) in [6.45, 7) is 5.10. The number of nitrogens with zero attached hydrogens (tertiary/aromatic N) is 3. The predicted octanol–water partition coefficient (Wildman–Crippen LogP) is 3.63. The lowest BCUT2D eigenvalue weighted by Crippen LogP contribution is -2.42. The molecule has 9 heteroatoms. The van der Waals surface area contributed by atoms with Crippen LogP contribution in [0.1, 0.15) is 51.7 Å². The minimum Gasteiger partial charge on any atom is -0.467 e. The van der Waals surface area contributed by atoms with Crippen molar-refractivity contribution in [2.75, 3.05) is 24.5 Å². The molecule has 1 aliphatic heterocycles. The van der Waals surface area contributed by atoms with Gasteiger partial charge < -0.3 is 14.2 Å². The van der Waals surface area contributed by atoms with Crippen molar-refractivity contribution in [3.8, 4) is 0 Å². The van der Waals surface area contributed by atoms with E-state index in [-0.39, 0.29) is 29.2 Å². The molecule has 0 bridgehead atoms. The van der Waals surface area contributed by atoms with Gasteiger partial charge in [-0.15, -0.1) is 0 Å². The van der Waals surface area contributed by atoms with Crippen LogP contribution in [0.5, 0.6) is 0 Å². The van der Waals surface area contributed by atoms with Gasteiger partial charge in [0.15, 0.2) is 0 Å². The van der Waals surface area contributed by atoms with E-state index in [4.69, 9.17) is 4.42 Å². The van der Waals surface area contributed by atoms with E-state index in [1.54, 1.807) is 37.1 Å². The molecule has 1 saturated heterocycles. The van der Waals surface area contributed by atoms with Crippen molar-refractivity contribution >= 4 is 27.5 Å². The molecule has 2 heterocycles. The molecule has 1 aliphatic carbocycles. The fraction of sp³-hybridized carbons (Fsp3) is 0.520. The molecule has 0 radical (unpaired) electrons. The quantitative estimate of drug-likeness (QED) is 0.539. The Morgan fingerprint density at radius 3 is 2.35 bits per heavy atom. The van der Waals surface area contributed by atoms with Crippen molar-refractivity contribution in [2.24, 2.45) is 5.92 Å². The molecule has 2 aromatic rings. The number of hydrogen-bond donors (Lipinski definition) is 0. The first-order valence-corrected chi connectivity index (χ1v) is 13.5. The molecule has 1 aromatic heterocycles. The number of anilines is 1. The Bertz CT molecular complexity index is 1090. The first kappa shape index (κ1) is 24.5. The van der Waals surface area contributed by atoms with Gasteiger partial charge in [-0.05, 0) is 49.2 Å². The highest BCUT2D eigenvalue weighted by Crippen LogP contribution is 2.31. The maximum atomic E-state index is 13.5. The summed E-state index contributed by atoms with van der Waals surface area (Å²) >= 11 is 0. The van der Waals surface area contributed by atoms with Crippen LogP contribution in [0.2, 0.25) is 0 Å². The number of amides is 2. The monoisotopic (exact) mass is 487 g/mol. The van der Waals surface area contributed by atoms with Gasteiger partial charge in [0.05, 0.1) is 23.6 Å². The smallest absolute Gasteiger partial charge is 0.243 e. The van der Waals surface area contributed by atoms with Gasteiger partial charge in [-0.3, -0.25) is 9.59 Å². The molecule has 4 rings (SSSR count). The van der Waals surface area contributed by atoms with Crippen LogP contribution >= 0.6 is 0 Å². The fourth-order valence-corrected chi connectivity index (χ4v) is 6.50. The standard InChI is InChI=1S/C25H33N3O5S/c1-3-26(4-2)34(31,32)23-13-11-21(12-14-23)27-17-19(16-24(27)29)25(30)28(20-8-5-6-9-20)18-22-10-7-15-33-22/h7,10-15,19-20H,3-6,8-9,16-18H2,1-2H3. The van der Waals surface area contributed by atoms with E-state index in [0.717, 1.165) is 31.4 Å². The van der Waals surface area contributed by atoms with Gasteiger partial charge in [0, 0.05) is 37.8 Å². The third kappa shape index (κ3) is 4.90. The van der Waals surface area contributed by atoms with Crippen LogP contribution in [0.3, 0.4) is 0 Å². The third-order valence-corrected chi connectivity index (χ3v) is 8.98. The molecule has 184 valence electrons. The van der Waals surface area contributed by atoms with Crippen molar-refractivity contribution in [3.05, 3.63) is 48.4 Å². The summed E-state index contributed by atoms with van der Waals surface area (Å²) in [5.74, 6) is 0.176. The van der Waals surface area contributed by atoms with Crippen molar-refractivity contribution in [3.63, 3.8) is 0 Å². The molecule has 1 aromatic carbocycles. The molecule has 1 unspecified atom stereocenters. The van der Waals surface area contributed by atoms with Crippen molar-refractivity contribution in [1.29, 1.82) is 0 Å². The Hall–Kier alpha value is -2.65. The molecule has 8 nitrogen and oxygen atoms in total. The first-order valence-electron chi connectivity index (χ1n) is 12.1. The number of carbonyl (C=O) groups is 2. The Labute approximate surface area is 201 Å². The Balaban J connectivity index is 1.49. The van der Waals surface area contributed by atoms with E-state index in [1.807, 2.05) is 17.0 Å². The van der Waals surface area contributed by atoms with Crippen LogP contribution in [0.25, 0.3) is 0 Å². The topological polar surface area (TPSA) is 91.1 Å². The minimum absolute atomic E-state index is 0.0140. The molecular formula is C25H33N3O5S. The molecule has 0 N–H and O–H groups in total. The number of rotatable bonds is 9. The number of sulfonamides is 1. The van der Waals surface area contributed by atoms with Gasteiger partial charge in [0.25, 0.3) is 0 Å². The lowest BCUT2D eigenvalue weighted by atomic mass is 10.0. The van der Waals surface area contributed by atoms with Crippen LogP contribution in [0.4, 0.5) is 5.69 Å². The second kappa shape index (κ2) is 10.3. The zero-order valence-electron chi connectivity index (χ0n) is 19.9. The summed E-state index contributed by atoms with van der Waals surface area (Å²) in [6.07, 6.45) is 5.91. The number of carbonyl (C=O) groups excluding carboxylic acids is 2. The molecule has 1 atom stereocenters. The molecule has 2 fully saturated rings. The molecule has 34 heavy (non-hydrogen) atoms. The molecule has 1 saturated carbocycles. The van der Waals surface area contributed by atoms with Crippen LogP contribution in [-0.2, 0) is 26.2 Å². The summed E-state index contributed by atoms with van der Waals surface area (Å²) in [6, 6.07) is 10.2. The van der Waals surface area contributed by atoms with Crippen LogP contribution in [0.15, 0.2) is 52.0 Å². The highest BCUT2D eigenvalue weighted by molar-refractivity contribution is 7.89. The number of hydrogen-bond acceptors (Lipinski definition) is 5. The van der Waals surface area contributed by atoms with E-state index < -0.39 is 15.9 Å². The summed E-state index contributed by atoms with van der Waals surface area (Å²) in [4.78, 5) is 30.1. The first-order chi connectivity index (χ1) is 16.3. The van der Waals surface area contributed by atoms with Gasteiger partial charge in [-0.25, -0.2) is 8.42 Å². The largest absolute Gasteiger partial charge is 0.467 e. The number of benzene rings is 1. The zero-order valence-corrected chi connectivity index (χ0v) is 20.7. The Morgan fingerprint density at radius 2 is 1.76 bits per heavy atom. The summed E-state index contributed by atoms with van der Waals surface area (Å²) < 4.78 is 32.4. The summed E-state index contributed by atoms with van der Waals surface area (Å²) in [7, 11) is -3.56. The third-order valence-electron chi connectivity index (χ3n) is 6.92. The van der Waals surface area contributed by atoms with Crippen LogP contribution in [0, 0.1) is 5.92 Å². The van der Waals surface area contributed by atoms with Gasteiger partial charge in [-0.2, -0.15) is 4.31 Å². The predicted molar refractivity (Wildman–Crippen MR) is 129 cm³/mol. The van der Waals surface area contributed by atoms with E-state index in [2.05, 4.69) is 0 Å². The average Bonchev–Trinajstić information content (AvgIpc) is 3.60. The average molecular weight is 488 g/mol. The second-order valence-electron chi connectivity index (χ2n) is 8.97. The van der Waals surface area contributed by atoms with Gasteiger partial charge >= 0.3 is 0 Å². The molecule has 2 amide bonds. The maximum Gasteiger partial charge on any atom is 0.243 e. The van der Waals surface area contributed by atoms with Crippen molar-refractivity contribution < 1.29 is 22.4 Å². The highest BCUT2D eigenvalue weighted by Gasteiger charge is 2.39. The lowest BCUT2D eigenvalue weighted by molar-refractivity contribution is -0.139. The summed E-state index contributed by atoms with van der Waals surface area (Å²) in [5.41, 5.74) is 0.609.